The predicted octanol–water partition coefficient (Wildman–Crippen LogP) is 2.39. The van der Waals surface area contributed by atoms with E-state index in [-0.39, 0.29) is 0 Å². The molecule has 1 aromatic heterocycles. The molecule has 1 saturated heterocycles. The molecule has 0 spiro atoms. The molecule has 1 aliphatic rings. The predicted molar refractivity (Wildman–Crippen MR) is 78.8 cm³/mol. The largest absolute Gasteiger partial charge is 0.381 e. The minimum absolute atomic E-state index is 0.757. The Balaban J connectivity index is 1.50. The average molecular weight is 271 g/mol. The van der Waals surface area contributed by atoms with Gasteiger partial charge in [0.25, 0.3) is 0 Å². The maximum Gasteiger partial charge on any atom is 0.0645 e. The molecule has 3 rings (SSSR count). The summed E-state index contributed by atoms with van der Waals surface area (Å²) < 4.78 is 7.30. The van der Waals surface area contributed by atoms with E-state index >= 15 is 0 Å². The van der Waals surface area contributed by atoms with E-state index in [9.17, 15) is 0 Å². The van der Waals surface area contributed by atoms with Gasteiger partial charge in [0.1, 0.15) is 0 Å². The number of ether oxygens (including phenoxy) is 1. The smallest absolute Gasteiger partial charge is 0.0645 e. The van der Waals surface area contributed by atoms with Gasteiger partial charge in [-0.25, -0.2) is 4.68 Å². The van der Waals surface area contributed by atoms with E-state index in [1.807, 2.05) is 29.1 Å². The van der Waals surface area contributed by atoms with Crippen molar-refractivity contribution in [3.63, 3.8) is 0 Å². The van der Waals surface area contributed by atoms with Crippen molar-refractivity contribution < 1.29 is 4.74 Å². The van der Waals surface area contributed by atoms with Gasteiger partial charge in [-0.3, -0.25) is 0 Å². The Morgan fingerprint density at radius 1 is 1.20 bits per heavy atom. The van der Waals surface area contributed by atoms with E-state index < -0.39 is 0 Å². The second kappa shape index (κ2) is 6.68. The number of rotatable bonds is 5. The summed E-state index contributed by atoms with van der Waals surface area (Å²) >= 11 is 0. The van der Waals surface area contributed by atoms with Crippen LogP contribution in [0.1, 0.15) is 18.4 Å². The fourth-order valence-electron chi connectivity index (χ4n) is 2.54. The molecule has 2 aromatic rings. The van der Waals surface area contributed by atoms with E-state index in [1.54, 1.807) is 0 Å². The lowest BCUT2D eigenvalue weighted by atomic mass is 10.0. The normalized spacial score (nSPS) is 16.4. The van der Waals surface area contributed by atoms with Gasteiger partial charge in [0.05, 0.1) is 11.9 Å². The Morgan fingerprint density at radius 3 is 2.80 bits per heavy atom. The van der Waals surface area contributed by atoms with Crippen LogP contribution in [0.3, 0.4) is 0 Å². The molecule has 4 nitrogen and oxygen atoms in total. The highest BCUT2D eigenvalue weighted by molar-refractivity contribution is 5.30. The third-order valence-electron chi connectivity index (χ3n) is 3.76. The summed E-state index contributed by atoms with van der Waals surface area (Å²) in [6, 6.07) is 10.2. The standard InChI is InChI=1S/C16H21N3O/c1-2-4-16(5-3-1)19-13-15(12-18-19)11-17-10-14-6-8-20-9-7-14/h1-5,12-14,17H,6-11H2. The summed E-state index contributed by atoms with van der Waals surface area (Å²) in [4.78, 5) is 0. The highest BCUT2D eigenvalue weighted by atomic mass is 16.5. The molecule has 0 bridgehead atoms. The van der Waals surface area contributed by atoms with Crippen molar-refractivity contribution in [2.45, 2.75) is 19.4 Å². The quantitative estimate of drug-likeness (QED) is 0.907. The maximum absolute atomic E-state index is 5.38. The van der Waals surface area contributed by atoms with Crippen LogP contribution in [0.2, 0.25) is 0 Å². The maximum atomic E-state index is 5.38. The summed E-state index contributed by atoms with van der Waals surface area (Å²) in [5.74, 6) is 0.757. The summed E-state index contributed by atoms with van der Waals surface area (Å²) in [5, 5.41) is 7.94. The molecule has 0 aliphatic carbocycles. The minimum atomic E-state index is 0.757. The molecule has 0 radical (unpaired) electrons. The van der Waals surface area contributed by atoms with Crippen molar-refractivity contribution in [2.75, 3.05) is 19.8 Å². The van der Waals surface area contributed by atoms with Gasteiger partial charge in [0, 0.05) is 31.5 Å². The van der Waals surface area contributed by atoms with Crippen molar-refractivity contribution in [1.29, 1.82) is 0 Å². The number of hydrogen-bond acceptors (Lipinski definition) is 3. The first-order chi connectivity index (χ1) is 9.92. The van der Waals surface area contributed by atoms with Crippen LogP contribution in [0, 0.1) is 5.92 Å². The molecule has 106 valence electrons. The number of para-hydroxylation sites is 1. The summed E-state index contributed by atoms with van der Waals surface area (Å²) in [6.45, 7) is 3.78. The third kappa shape index (κ3) is 3.46. The number of hydrogen-bond donors (Lipinski definition) is 1. The fourth-order valence-corrected chi connectivity index (χ4v) is 2.54. The van der Waals surface area contributed by atoms with Crippen molar-refractivity contribution in [3.05, 3.63) is 48.3 Å². The Kier molecular flexibility index (Phi) is 4.46. The van der Waals surface area contributed by atoms with Gasteiger partial charge < -0.3 is 10.1 Å². The van der Waals surface area contributed by atoms with Crippen molar-refractivity contribution >= 4 is 0 Å². The first-order valence-electron chi connectivity index (χ1n) is 7.29. The number of nitrogens with zero attached hydrogens (tertiary/aromatic N) is 2. The fraction of sp³-hybridized carbons (Fsp3) is 0.438. The van der Waals surface area contributed by atoms with Gasteiger partial charge in [-0.1, -0.05) is 18.2 Å². The van der Waals surface area contributed by atoms with Crippen molar-refractivity contribution in [1.82, 2.24) is 15.1 Å². The highest BCUT2D eigenvalue weighted by Gasteiger charge is 2.13. The minimum Gasteiger partial charge on any atom is -0.381 e. The van der Waals surface area contributed by atoms with E-state index in [4.69, 9.17) is 4.74 Å². The van der Waals surface area contributed by atoms with E-state index in [2.05, 4.69) is 28.7 Å². The Hall–Kier alpha value is -1.65. The molecule has 0 atom stereocenters. The van der Waals surface area contributed by atoms with Crippen LogP contribution >= 0.6 is 0 Å². The molecule has 4 heteroatoms. The second-order valence-electron chi connectivity index (χ2n) is 5.32. The molecule has 1 fully saturated rings. The number of aromatic nitrogens is 2. The van der Waals surface area contributed by atoms with Crippen molar-refractivity contribution in [2.24, 2.45) is 5.92 Å². The molecule has 20 heavy (non-hydrogen) atoms. The lowest BCUT2D eigenvalue weighted by Gasteiger charge is -2.22. The van der Waals surface area contributed by atoms with Gasteiger partial charge in [0.2, 0.25) is 0 Å². The molecule has 2 heterocycles. The Morgan fingerprint density at radius 2 is 2.00 bits per heavy atom. The lowest BCUT2D eigenvalue weighted by Crippen LogP contribution is -2.27. The van der Waals surface area contributed by atoms with Gasteiger partial charge in [-0.05, 0) is 37.4 Å². The zero-order chi connectivity index (χ0) is 13.6. The second-order valence-corrected chi connectivity index (χ2v) is 5.32. The molecule has 0 saturated carbocycles. The van der Waals surface area contributed by atoms with Crippen molar-refractivity contribution in [3.8, 4) is 5.69 Å². The molecular weight excluding hydrogens is 250 g/mol. The first-order valence-corrected chi connectivity index (χ1v) is 7.29. The first kappa shape index (κ1) is 13.3. The topological polar surface area (TPSA) is 39.1 Å². The summed E-state index contributed by atoms with van der Waals surface area (Å²) in [5.41, 5.74) is 2.32. The number of benzene rings is 1. The number of nitrogens with one attached hydrogen (secondary N) is 1. The van der Waals surface area contributed by atoms with Crippen LogP contribution in [0.5, 0.6) is 0 Å². The monoisotopic (exact) mass is 271 g/mol. The third-order valence-corrected chi connectivity index (χ3v) is 3.76. The summed E-state index contributed by atoms with van der Waals surface area (Å²) in [7, 11) is 0. The average Bonchev–Trinajstić information content (AvgIpc) is 2.98. The van der Waals surface area contributed by atoms with Gasteiger partial charge >= 0.3 is 0 Å². The van der Waals surface area contributed by atoms with Crippen LogP contribution < -0.4 is 5.32 Å². The van der Waals surface area contributed by atoms with Crippen LogP contribution in [-0.4, -0.2) is 29.5 Å². The van der Waals surface area contributed by atoms with Gasteiger partial charge in [-0.2, -0.15) is 5.10 Å². The van der Waals surface area contributed by atoms with E-state index in [0.717, 1.165) is 37.9 Å². The molecular formula is C16H21N3O. The summed E-state index contributed by atoms with van der Waals surface area (Å²) in [6.07, 6.45) is 6.38. The SMILES string of the molecule is c1ccc(-n2cc(CNCC3CCOCC3)cn2)cc1. The highest BCUT2D eigenvalue weighted by Crippen LogP contribution is 2.13. The Bertz CT molecular complexity index is 518. The van der Waals surface area contributed by atoms with Crippen LogP contribution in [0.15, 0.2) is 42.7 Å². The van der Waals surface area contributed by atoms with Gasteiger partial charge in [-0.15, -0.1) is 0 Å². The Labute approximate surface area is 119 Å². The van der Waals surface area contributed by atoms with Crippen LogP contribution in [0.4, 0.5) is 0 Å². The van der Waals surface area contributed by atoms with E-state index in [0.29, 0.717) is 0 Å². The zero-order valence-electron chi connectivity index (χ0n) is 11.7. The zero-order valence-corrected chi connectivity index (χ0v) is 11.7. The lowest BCUT2D eigenvalue weighted by molar-refractivity contribution is 0.0662. The van der Waals surface area contributed by atoms with E-state index in [1.165, 1.54) is 18.4 Å². The van der Waals surface area contributed by atoms with Crippen LogP contribution in [-0.2, 0) is 11.3 Å². The van der Waals surface area contributed by atoms with Crippen LogP contribution in [0.25, 0.3) is 5.69 Å². The molecule has 1 N–H and O–H groups in total. The molecule has 1 aromatic carbocycles. The molecule has 0 amide bonds. The molecule has 0 unspecified atom stereocenters. The molecule has 1 aliphatic heterocycles. The van der Waals surface area contributed by atoms with Gasteiger partial charge in [0.15, 0.2) is 0 Å².